The minimum atomic E-state index is -0.587. The zero-order valence-electron chi connectivity index (χ0n) is 15.3. The van der Waals surface area contributed by atoms with Crippen molar-refractivity contribution >= 4 is 35.1 Å². The molecule has 2 aromatic carbocycles. The van der Waals surface area contributed by atoms with Crippen molar-refractivity contribution in [2.45, 2.75) is 18.8 Å². The zero-order chi connectivity index (χ0) is 20.3. The molecule has 3 rings (SSSR count). The maximum Gasteiger partial charge on any atom is 0.274 e. The van der Waals surface area contributed by atoms with Crippen molar-refractivity contribution in [3.8, 4) is 11.5 Å². The van der Waals surface area contributed by atoms with Gasteiger partial charge in [-0.1, -0.05) is 30.8 Å². The zero-order valence-corrected chi connectivity index (χ0v) is 16.1. The molecule has 1 heterocycles. The second-order valence-corrected chi connectivity index (χ2v) is 7.16. The molecule has 9 heteroatoms. The number of amides is 1. The van der Waals surface area contributed by atoms with Gasteiger partial charge in [-0.15, -0.1) is 0 Å². The van der Waals surface area contributed by atoms with E-state index in [1.165, 1.54) is 36.6 Å². The Morgan fingerprint density at radius 2 is 2.07 bits per heavy atom. The van der Waals surface area contributed by atoms with Crippen LogP contribution in [0.4, 0.5) is 11.4 Å². The third kappa shape index (κ3) is 4.20. The van der Waals surface area contributed by atoms with E-state index in [1.807, 2.05) is 24.3 Å². The molecule has 1 amide bonds. The number of carbonyl (C=O) groups excluding carboxylic acids is 1. The van der Waals surface area contributed by atoms with Crippen LogP contribution in [0.5, 0.6) is 11.5 Å². The monoisotopic (exact) mass is 401 g/mol. The molecule has 0 aliphatic carbocycles. The number of nitrogens with one attached hydrogen (secondary N) is 2. The van der Waals surface area contributed by atoms with Crippen LogP contribution in [0.2, 0.25) is 0 Å². The number of rotatable bonds is 6. The molecule has 0 aromatic heterocycles. The highest BCUT2D eigenvalue weighted by Crippen LogP contribution is 2.38. The van der Waals surface area contributed by atoms with Gasteiger partial charge in [0.25, 0.3) is 11.6 Å². The molecule has 1 atom stereocenters. The van der Waals surface area contributed by atoms with E-state index in [2.05, 4.69) is 17.6 Å². The highest BCUT2D eigenvalue weighted by atomic mass is 32.2. The molecule has 0 bridgehead atoms. The maximum absolute atomic E-state index is 12.3. The van der Waals surface area contributed by atoms with Crippen LogP contribution in [0.15, 0.2) is 41.3 Å². The summed E-state index contributed by atoms with van der Waals surface area (Å²) in [7, 11) is 1.30. The lowest BCUT2D eigenvalue weighted by Crippen LogP contribution is -2.30. The highest BCUT2D eigenvalue weighted by molar-refractivity contribution is 8.05. The molecule has 3 N–H and O–H groups in total. The fourth-order valence-corrected chi connectivity index (χ4v) is 3.66. The molecule has 8 nitrogen and oxygen atoms in total. The first-order chi connectivity index (χ1) is 13.4. The molecule has 1 aliphatic heterocycles. The Bertz CT molecular complexity index is 943. The number of methoxy groups -OCH3 is 1. The topological polar surface area (TPSA) is 114 Å². The molecule has 1 aliphatic rings. The van der Waals surface area contributed by atoms with Gasteiger partial charge >= 0.3 is 0 Å². The number of carbonyl (C=O) groups is 1. The fourth-order valence-electron chi connectivity index (χ4n) is 2.68. The molecular weight excluding hydrogens is 382 g/mol. The van der Waals surface area contributed by atoms with Crippen LogP contribution in [-0.4, -0.2) is 28.5 Å². The van der Waals surface area contributed by atoms with Crippen LogP contribution in [0, 0.1) is 10.1 Å². The third-order valence-electron chi connectivity index (χ3n) is 4.20. The van der Waals surface area contributed by atoms with E-state index in [1.54, 1.807) is 0 Å². The van der Waals surface area contributed by atoms with Crippen molar-refractivity contribution in [3.05, 3.63) is 62.5 Å². The van der Waals surface area contributed by atoms with Crippen LogP contribution >= 0.6 is 11.8 Å². The summed E-state index contributed by atoms with van der Waals surface area (Å²) in [5.74, 6) is -0.631. The number of ether oxygens (including phenoxy) is 1. The van der Waals surface area contributed by atoms with Gasteiger partial charge in [0.2, 0.25) is 0 Å². The number of nitro benzene ring substituents is 1. The molecule has 1 fully saturated rings. The first-order valence-corrected chi connectivity index (χ1v) is 9.39. The Kier molecular flexibility index (Phi) is 5.74. The molecule has 1 saturated heterocycles. The number of aryl methyl sites for hydroxylation is 1. The van der Waals surface area contributed by atoms with Crippen molar-refractivity contribution < 1.29 is 19.6 Å². The lowest BCUT2D eigenvalue weighted by Gasteiger charge is -2.12. The SMILES string of the molecule is CCc1ccc(N[C@H]2NC(=O)/C(=C/c3cc([N+](=O)[O-])cc(OC)c3O)S2)cc1. The summed E-state index contributed by atoms with van der Waals surface area (Å²) in [6.07, 6.45) is 2.35. The van der Waals surface area contributed by atoms with Crippen LogP contribution in [0.1, 0.15) is 18.1 Å². The van der Waals surface area contributed by atoms with E-state index in [9.17, 15) is 20.0 Å². The average molecular weight is 401 g/mol. The minimum Gasteiger partial charge on any atom is -0.504 e. The van der Waals surface area contributed by atoms with Gasteiger partial charge in [0.1, 0.15) is 0 Å². The van der Waals surface area contributed by atoms with Crippen molar-refractivity contribution in [1.29, 1.82) is 0 Å². The Labute approximate surface area is 165 Å². The summed E-state index contributed by atoms with van der Waals surface area (Å²) in [6, 6.07) is 10.2. The van der Waals surface area contributed by atoms with E-state index < -0.39 is 10.4 Å². The van der Waals surface area contributed by atoms with E-state index >= 15 is 0 Å². The van der Waals surface area contributed by atoms with Gasteiger partial charge in [0.05, 0.1) is 23.0 Å². The normalized spacial score (nSPS) is 17.4. The standard InChI is InChI=1S/C19H19N3O5S/c1-3-11-4-6-13(7-5-11)20-19-21-18(24)16(28-19)9-12-8-14(22(25)26)10-15(27-2)17(12)23/h4-10,19-20,23H,3H2,1-2H3,(H,21,24)/b16-9-/t19-/m0/s1. The predicted octanol–water partition coefficient (Wildman–Crippen LogP) is 3.47. The van der Waals surface area contributed by atoms with Gasteiger partial charge in [-0.2, -0.15) is 0 Å². The lowest BCUT2D eigenvalue weighted by molar-refractivity contribution is -0.385. The molecule has 0 unspecified atom stereocenters. The fraction of sp³-hybridized carbons (Fsp3) is 0.211. The summed E-state index contributed by atoms with van der Waals surface area (Å²) in [5, 5.41) is 27.3. The number of non-ortho nitro benzene ring substituents is 1. The van der Waals surface area contributed by atoms with Crippen molar-refractivity contribution in [2.24, 2.45) is 0 Å². The largest absolute Gasteiger partial charge is 0.504 e. The number of aromatic hydroxyl groups is 1. The summed E-state index contributed by atoms with van der Waals surface area (Å²) < 4.78 is 4.98. The van der Waals surface area contributed by atoms with Crippen molar-refractivity contribution in [1.82, 2.24) is 5.32 Å². The van der Waals surface area contributed by atoms with Gasteiger partial charge in [-0.25, -0.2) is 0 Å². The molecule has 28 heavy (non-hydrogen) atoms. The van der Waals surface area contributed by atoms with Gasteiger partial charge in [-0.3, -0.25) is 14.9 Å². The van der Waals surface area contributed by atoms with E-state index in [0.29, 0.717) is 4.91 Å². The molecule has 146 valence electrons. The summed E-state index contributed by atoms with van der Waals surface area (Å²) in [5.41, 5.74) is 1.57. The number of benzene rings is 2. The quantitative estimate of drug-likeness (QED) is 0.386. The Balaban J connectivity index is 1.82. The van der Waals surface area contributed by atoms with Gasteiger partial charge in [0, 0.05) is 17.3 Å². The molecule has 2 aromatic rings. The number of hydrogen-bond donors (Lipinski definition) is 3. The first-order valence-electron chi connectivity index (χ1n) is 8.51. The first kappa shape index (κ1) is 19.6. The van der Waals surface area contributed by atoms with E-state index in [0.717, 1.165) is 18.2 Å². The summed E-state index contributed by atoms with van der Waals surface area (Å²) in [6.45, 7) is 2.07. The smallest absolute Gasteiger partial charge is 0.274 e. The van der Waals surface area contributed by atoms with Gasteiger partial charge in [0.15, 0.2) is 17.0 Å². The number of nitro groups is 1. The number of thioether (sulfide) groups is 1. The Hall–Kier alpha value is -3.20. The number of hydrogen-bond acceptors (Lipinski definition) is 7. The third-order valence-corrected chi connectivity index (χ3v) is 5.23. The van der Waals surface area contributed by atoms with Crippen molar-refractivity contribution in [3.63, 3.8) is 0 Å². The second-order valence-electron chi connectivity index (χ2n) is 6.02. The minimum absolute atomic E-state index is 0.0323. The van der Waals surface area contributed by atoms with Crippen LogP contribution in [0.25, 0.3) is 6.08 Å². The van der Waals surface area contributed by atoms with Gasteiger partial charge < -0.3 is 20.5 Å². The molecule has 0 spiro atoms. The summed E-state index contributed by atoms with van der Waals surface area (Å²) >= 11 is 1.22. The van der Waals surface area contributed by atoms with Crippen molar-refractivity contribution in [2.75, 3.05) is 12.4 Å². The maximum atomic E-state index is 12.3. The van der Waals surface area contributed by atoms with Crippen LogP contribution in [-0.2, 0) is 11.2 Å². The number of anilines is 1. The Morgan fingerprint density at radius 3 is 2.68 bits per heavy atom. The molecule has 0 radical (unpaired) electrons. The average Bonchev–Trinajstić information content (AvgIpc) is 3.02. The summed E-state index contributed by atoms with van der Waals surface area (Å²) in [4.78, 5) is 23.1. The number of phenolic OH excluding ortho intramolecular Hbond substituents is 1. The lowest BCUT2D eigenvalue weighted by atomic mass is 10.1. The van der Waals surface area contributed by atoms with Crippen LogP contribution < -0.4 is 15.4 Å². The Morgan fingerprint density at radius 1 is 1.36 bits per heavy atom. The van der Waals surface area contributed by atoms with Crippen LogP contribution in [0.3, 0.4) is 0 Å². The molecular formula is C19H19N3O5S. The van der Waals surface area contributed by atoms with E-state index in [-0.39, 0.29) is 28.7 Å². The number of phenols is 1. The molecule has 0 saturated carbocycles. The second kappa shape index (κ2) is 8.22. The van der Waals surface area contributed by atoms with Gasteiger partial charge in [-0.05, 0) is 30.2 Å². The van der Waals surface area contributed by atoms with E-state index in [4.69, 9.17) is 4.74 Å². The predicted molar refractivity (Wildman–Crippen MR) is 108 cm³/mol. The number of nitrogens with zero attached hydrogens (tertiary/aromatic N) is 1. The highest BCUT2D eigenvalue weighted by Gasteiger charge is 2.28.